The first kappa shape index (κ1) is 49.7. The normalized spacial score (nSPS) is 14.1. The number of H-pyrrole nitrogens is 2. The molecule has 0 radical (unpaired) electrons. The van der Waals surface area contributed by atoms with Crippen LogP contribution in [0.25, 0.3) is 22.1 Å². The average Bonchev–Trinajstić information content (AvgIpc) is 4.17. The number of fused-ring (bicyclic) bond motifs is 2. The third kappa shape index (κ3) is 14.2. The third-order valence-electron chi connectivity index (χ3n) is 11.4. The fourth-order valence-electron chi connectivity index (χ4n) is 7.79. The molecule has 6 N–H and O–H groups in total. The number of nitrogens with one attached hydrogen (secondary N) is 6. The first-order valence-corrected chi connectivity index (χ1v) is 25.3. The molecule has 4 aromatic carbocycles. The maximum Gasteiger partial charge on any atom is 0.339 e. The topological polar surface area (TPSA) is 279 Å². The minimum atomic E-state index is -4.04. The van der Waals surface area contributed by atoms with Crippen LogP contribution in [0.1, 0.15) is 83.5 Å². The summed E-state index contributed by atoms with van der Waals surface area (Å²) in [5, 5.41) is 12.0. The van der Waals surface area contributed by atoms with Gasteiger partial charge in [-0.05, 0) is 105 Å². The number of esters is 2. The molecule has 0 saturated heterocycles. The number of hydrogen-bond acceptors (Lipinski definition) is 16. The van der Waals surface area contributed by atoms with E-state index in [0.29, 0.717) is 40.6 Å². The highest BCUT2D eigenvalue weighted by molar-refractivity contribution is 7.87. The van der Waals surface area contributed by atoms with Gasteiger partial charge < -0.3 is 38.4 Å². The highest BCUT2D eigenvalue weighted by atomic mass is 32.2. The van der Waals surface area contributed by atoms with Gasteiger partial charge in [-0.25, -0.2) is 9.97 Å². The SMILES string of the molecule is COC(=O)CCC(=O)Nc1nc2cc(OS(=O)(=O)c3ccc(NC4CCCC4)cc3)ccc2[nH]1.COC(=O)CCCC(=O)Nc1nc2cc(OS(=O)(=O)c3ccc(NC4CCCC4)cc3)ccc2[nH]1. The Hall–Kier alpha value is -7.20. The van der Waals surface area contributed by atoms with Crippen molar-refractivity contribution >= 4 is 89.3 Å². The van der Waals surface area contributed by atoms with Crippen LogP contribution in [-0.2, 0) is 48.9 Å². The molecule has 8 rings (SSSR count). The van der Waals surface area contributed by atoms with Gasteiger partial charge in [-0.2, -0.15) is 16.8 Å². The molecule has 0 spiro atoms. The number of benzene rings is 4. The summed E-state index contributed by atoms with van der Waals surface area (Å²) in [5.41, 5.74) is 3.78. The molecule has 2 aliphatic rings. The highest BCUT2D eigenvalue weighted by Crippen LogP contribution is 2.29. The van der Waals surface area contributed by atoms with Gasteiger partial charge in [-0.1, -0.05) is 25.7 Å². The number of carbonyl (C=O) groups excluding carboxylic acids is 4. The van der Waals surface area contributed by atoms with E-state index < -0.39 is 32.1 Å². The van der Waals surface area contributed by atoms with Crippen molar-refractivity contribution in [1.82, 2.24) is 19.9 Å². The second-order valence-corrected chi connectivity index (χ2v) is 19.6. The molecule has 6 aromatic rings. The van der Waals surface area contributed by atoms with Crippen molar-refractivity contribution in [2.24, 2.45) is 0 Å². The number of ether oxygens (including phenoxy) is 2. The van der Waals surface area contributed by atoms with Gasteiger partial charge in [0.2, 0.25) is 23.7 Å². The summed E-state index contributed by atoms with van der Waals surface area (Å²) >= 11 is 0. The van der Waals surface area contributed by atoms with Crippen LogP contribution >= 0.6 is 0 Å². The van der Waals surface area contributed by atoms with Crippen LogP contribution in [0.4, 0.5) is 23.3 Å². The smallest absolute Gasteiger partial charge is 0.339 e. The zero-order valence-electron chi connectivity index (χ0n) is 38.0. The van der Waals surface area contributed by atoms with Crippen molar-refractivity contribution in [3.05, 3.63) is 84.9 Å². The summed E-state index contributed by atoms with van der Waals surface area (Å²) in [6, 6.07) is 23.1. The molecule has 0 bridgehead atoms. The number of methoxy groups -OCH3 is 2. The van der Waals surface area contributed by atoms with E-state index in [1.54, 1.807) is 36.4 Å². The largest absolute Gasteiger partial charge is 0.469 e. The zero-order valence-corrected chi connectivity index (χ0v) is 39.7. The number of hydrogen-bond donors (Lipinski definition) is 6. The van der Waals surface area contributed by atoms with Gasteiger partial charge in [-0.3, -0.25) is 29.8 Å². The zero-order chi connectivity index (χ0) is 49.0. The van der Waals surface area contributed by atoms with Crippen LogP contribution in [0, 0.1) is 0 Å². The fraction of sp³-hybridized carbons (Fsp3) is 0.362. The van der Waals surface area contributed by atoms with E-state index in [1.165, 1.54) is 88.4 Å². The molecule has 69 heavy (non-hydrogen) atoms. The second-order valence-electron chi connectivity index (χ2n) is 16.5. The van der Waals surface area contributed by atoms with Crippen molar-refractivity contribution in [2.45, 2.75) is 105 Å². The predicted molar refractivity (Wildman–Crippen MR) is 257 cm³/mol. The molecule has 2 heterocycles. The van der Waals surface area contributed by atoms with Crippen molar-refractivity contribution in [3.8, 4) is 11.5 Å². The van der Waals surface area contributed by atoms with E-state index in [4.69, 9.17) is 8.37 Å². The Balaban J connectivity index is 0.000000204. The molecule has 0 aliphatic heterocycles. The molecule has 2 aliphatic carbocycles. The van der Waals surface area contributed by atoms with E-state index in [0.717, 1.165) is 37.1 Å². The summed E-state index contributed by atoms with van der Waals surface area (Å²) in [5.74, 6) is -0.983. The minimum absolute atomic E-state index is 0.0456. The van der Waals surface area contributed by atoms with Gasteiger partial charge in [0.25, 0.3) is 0 Å². The van der Waals surface area contributed by atoms with E-state index in [2.05, 4.69) is 50.7 Å². The van der Waals surface area contributed by atoms with Gasteiger partial charge in [0, 0.05) is 54.9 Å². The Morgan fingerprint density at radius 1 is 0.551 bits per heavy atom. The first-order valence-electron chi connectivity index (χ1n) is 22.5. The molecule has 20 nitrogen and oxygen atoms in total. The van der Waals surface area contributed by atoms with Gasteiger partial charge in [0.15, 0.2) is 0 Å². The first-order chi connectivity index (χ1) is 33.1. The van der Waals surface area contributed by atoms with E-state index in [9.17, 15) is 36.0 Å². The number of imidazole rings is 2. The third-order valence-corrected chi connectivity index (χ3v) is 13.9. The maximum atomic E-state index is 12.8. The molecule has 2 saturated carbocycles. The number of amides is 2. The number of aromatic nitrogens is 4. The average molecular weight is 987 g/mol. The molecule has 0 unspecified atom stereocenters. The maximum absolute atomic E-state index is 12.8. The van der Waals surface area contributed by atoms with E-state index in [1.807, 2.05) is 0 Å². The summed E-state index contributed by atoms with van der Waals surface area (Å²) in [6.45, 7) is 0. The van der Waals surface area contributed by atoms with Crippen molar-refractivity contribution in [1.29, 1.82) is 0 Å². The monoisotopic (exact) mass is 986 g/mol. The van der Waals surface area contributed by atoms with Crippen LogP contribution in [0.15, 0.2) is 94.7 Å². The molecule has 2 amide bonds. The lowest BCUT2D eigenvalue weighted by atomic mass is 10.2. The molecule has 366 valence electrons. The lowest BCUT2D eigenvalue weighted by Crippen LogP contribution is -2.14. The summed E-state index contributed by atoms with van der Waals surface area (Å²) in [6.07, 6.45) is 9.88. The number of aromatic amines is 2. The molecular weight excluding hydrogens is 933 g/mol. The Labute approximate surface area is 398 Å². The van der Waals surface area contributed by atoms with Crippen LogP contribution in [0.2, 0.25) is 0 Å². The van der Waals surface area contributed by atoms with Gasteiger partial charge in [0.1, 0.15) is 21.3 Å². The minimum Gasteiger partial charge on any atom is -0.469 e. The van der Waals surface area contributed by atoms with Gasteiger partial charge >= 0.3 is 32.2 Å². The Kier molecular flexibility index (Phi) is 16.4. The van der Waals surface area contributed by atoms with Crippen LogP contribution in [0.3, 0.4) is 0 Å². The molecule has 2 aromatic heterocycles. The van der Waals surface area contributed by atoms with Crippen LogP contribution < -0.4 is 29.6 Å². The lowest BCUT2D eigenvalue weighted by Gasteiger charge is -2.14. The van der Waals surface area contributed by atoms with Crippen molar-refractivity contribution < 1.29 is 53.9 Å². The Morgan fingerprint density at radius 3 is 1.38 bits per heavy atom. The number of rotatable bonds is 19. The molecule has 22 heteroatoms. The number of anilines is 4. The highest BCUT2D eigenvalue weighted by Gasteiger charge is 2.21. The predicted octanol–water partition coefficient (Wildman–Crippen LogP) is 7.54. The van der Waals surface area contributed by atoms with E-state index >= 15 is 0 Å². The lowest BCUT2D eigenvalue weighted by molar-refractivity contribution is -0.142. The van der Waals surface area contributed by atoms with Crippen LogP contribution in [0.5, 0.6) is 11.5 Å². The molecule has 2 fully saturated rings. The Bertz CT molecular complexity index is 2980. The van der Waals surface area contributed by atoms with Gasteiger partial charge in [0.05, 0.1) is 42.7 Å². The summed E-state index contributed by atoms with van der Waals surface area (Å²) in [7, 11) is -5.52. The van der Waals surface area contributed by atoms with Gasteiger partial charge in [-0.15, -0.1) is 0 Å². The van der Waals surface area contributed by atoms with E-state index in [-0.39, 0.29) is 70.7 Å². The molecule has 0 atom stereocenters. The Morgan fingerprint density at radius 2 is 0.957 bits per heavy atom. The second kappa shape index (κ2) is 22.7. The number of carbonyl (C=O) groups is 4. The fourth-order valence-corrected chi connectivity index (χ4v) is 9.64. The standard InChI is InChI=1S/C24H28N4O6S.C23H26N4O6S/c1-33-23(30)8-4-7-22(29)28-24-26-20-14-11-18(15-21(20)27-24)34-35(31,32)19-12-9-17(10-13-19)25-16-5-2-3-6-16;1-32-22(29)13-12-21(28)27-23-25-19-11-8-17(14-20(19)26-23)33-34(30,31)18-9-6-16(7-10-18)24-15-4-2-3-5-15/h9-16,25H,2-8H2,1H3,(H2,26,27,28,29);6-11,14-15,24H,2-5,12-13H2,1H3,(H2,25,26,27,28). The molecular formula is C47H54N8O12S2. The summed E-state index contributed by atoms with van der Waals surface area (Å²) < 4.78 is 70.6. The van der Waals surface area contributed by atoms with Crippen LogP contribution in [-0.4, -0.2) is 86.8 Å². The number of nitrogens with zero attached hydrogens (tertiary/aromatic N) is 2. The van der Waals surface area contributed by atoms with Crippen molar-refractivity contribution in [2.75, 3.05) is 35.5 Å². The summed E-state index contributed by atoms with van der Waals surface area (Å²) in [4.78, 5) is 60.8. The van der Waals surface area contributed by atoms with Crippen molar-refractivity contribution in [3.63, 3.8) is 0 Å². The quantitative estimate of drug-likeness (QED) is 0.0338.